The van der Waals surface area contributed by atoms with Crippen LogP contribution in [0.25, 0.3) is 0 Å². The maximum Gasteiger partial charge on any atom is 0.146 e. The van der Waals surface area contributed by atoms with Gasteiger partial charge in [0.15, 0.2) is 0 Å². The average Bonchev–Trinajstić information content (AvgIpc) is 2.48. The summed E-state index contributed by atoms with van der Waals surface area (Å²) < 4.78 is 14.1. The molecule has 0 saturated carbocycles. The van der Waals surface area contributed by atoms with Crippen LogP contribution in [-0.4, -0.2) is 19.6 Å². The number of halogens is 1. The van der Waals surface area contributed by atoms with Crippen molar-refractivity contribution in [1.29, 1.82) is 0 Å². The lowest BCUT2D eigenvalue weighted by molar-refractivity contribution is 0.466. The first-order valence-electron chi connectivity index (χ1n) is 7.04. The number of hydrogen-bond acceptors (Lipinski definition) is 2. The summed E-state index contributed by atoms with van der Waals surface area (Å²) in [6, 6.07) is 15.9. The fourth-order valence-electron chi connectivity index (χ4n) is 2.89. The van der Waals surface area contributed by atoms with Crippen LogP contribution >= 0.6 is 0 Å². The lowest BCUT2D eigenvalue weighted by atomic mass is 10.0. The number of nitrogens with one attached hydrogen (secondary N) is 1. The number of piperazine rings is 1. The second kappa shape index (κ2) is 5.63. The summed E-state index contributed by atoms with van der Waals surface area (Å²) in [6.45, 7) is 4.47. The van der Waals surface area contributed by atoms with Crippen LogP contribution in [0, 0.1) is 12.7 Å². The Morgan fingerprint density at radius 2 is 1.90 bits per heavy atom. The molecular formula is C17H19FN2. The fourth-order valence-corrected chi connectivity index (χ4v) is 2.89. The minimum atomic E-state index is -0.126. The molecule has 2 aromatic rings. The summed E-state index contributed by atoms with van der Waals surface area (Å²) in [5.74, 6) is -0.126. The highest BCUT2D eigenvalue weighted by Gasteiger charge is 2.23. The number of aryl methyl sites for hydroxylation is 1. The molecule has 20 heavy (non-hydrogen) atoms. The molecule has 1 aliphatic heterocycles. The van der Waals surface area contributed by atoms with Crippen molar-refractivity contribution >= 4 is 5.69 Å². The molecule has 1 heterocycles. The molecule has 0 aliphatic carbocycles. The monoisotopic (exact) mass is 270 g/mol. The van der Waals surface area contributed by atoms with Gasteiger partial charge in [-0.25, -0.2) is 4.39 Å². The summed E-state index contributed by atoms with van der Waals surface area (Å²) >= 11 is 0. The quantitative estimate of drug-likeness (QED) is 0.901. The van der Waals surface area contributed by atoms with Crippen LogP contribution in [0.1, 0.15) is 17.2 Å². The van der Waals surface area contributed by atoms with Gasteiger partial charge in [-0.3, -0.25) is 0 Å². The highest BCUT2D eigenvalue weighted by atomic mass is 19.1. The van der Waals surface area contributed by atoms with Crippen LogP contribution < -0.4 is 10.2 Å². The number of para-hydroxylation sites is 1. The van der Waals surface area contributed by atoms with Crippen molar-refractivity contribution in [1.82, 2.24) is 5.32 Å². The second-order valence-electron chi connectivity index (χ2n) is 5.27. The van der Waals surface area contributed by atoms with Gasteiger partial charge in [0.2, 0.25) is 0 Å². The van der Waals surface area contributed by atoms with E-state index in [4.69, 9.17) is 0 Å². The largest absolute Gasteiger partial charge is 0.366 e. The van der Waals surface area contributed by atoms with Gasteiger partial charge in [0.05, 0.1) is 5.69 Å². The minimum Gasteiger partial charge on any atom is -0.366 e. The normalized spacial score (nSPS) is 19.1. The van der Waals surface area contributed by atoms with E-state index in [1.165, 1.54) is 5.56 Å². The number of anilines is 1. The minimum absolute atomic E-state index is 0.126. The Hall–Kier alpha value is -1.87. The van der Waals surface area contributed by atoms with Crippen molar-refractivity contribution in [3.63, 3.8) is 0 Å². The van der Waals surface area contributed by atoms with E-state index >= 15 is 0 Å². The molecule has 1 N–H and O–H groups in total. The highest BCUT2D eigenvalue weighted by Crippen LogP contribution is 2.27. The summed E-state index contributed by atoms with van der Waals surface area (Å²) in [4.78, 5) is 2.15. The van der Waals surface area contributed by atoms with Crippen molar-refractivity contribution in [2.45, 2.75) is 13.0 Å². The van der Waals surface area contributed by atoms with E-state index < -0.39 is 0 Å². The van der Waals surface area contributed by atoms with Crippen LogP contribution in [0.2, 0.25) is 0 Å². The first-order chi connectivity index (χ1) is 9.75. The SMILES string of the molecule is Cc1cccc(F)c1N1CCNC(c2ccccc2)C1. The van der Waals surface area contributed by atoms with Crippen LogP contribution in [0.5, 0.6) is 0 Å². The molecule has 3 heteroatoms. The third-order valence-electron chi connectivity index (χ3n) is 3.88. The van der Waals surface area contributed by atoms with Gasteiger partial charge in [0.1, 0.15) is 5.82 Å². The van der Waals surface area contributed by atoms with Gasteiger partial charge in [0.25, 0.3) is 0 Å². The first kappa shape index (κ1) is 13.1. The second-order valence-corrected chi connectivity index (χ2v) is 5.27. The van der Waals surface area contributed by atoms with Crippen LogP contribution in [0.4, 0.5) is 10.1 Å². The molecule has 2 aromatic carbocycles. The van der Waals surface area contributed by atoms with Crippen molar-refractivity contribution in [2.75, 3.05) is 24.5 Å². The molecule has 0 bridgehead atoms. The van der Waals surface area contributed by atoms with E-state index in [2.05, 4.69) is 22.3 Å². The van der Waals surface area contributed by atoms with Crippen molar-refractivity contribution in [3.05, 3.63) is 65.5 Å². The van der Waals surface area contributed by atoms with Crippen LogP contribution in [0.15, 0.2) is 48.5 Å². The van der Waals surface area contributed by atoms with Gasteiger partial charge in [-0.1, -0.05) is 42.5 Å². The zero-order valence-electron chi connectivity index (χ0n) is 11.6. The third kappa shape index (κ3) is 2.54. The predicted molar refractivity (Wildman–Crippen MR) is 80.5 cm³/mol. The Balaban J connectivity index is 1.85. The Kier molecular flexibility index (Phi) is 3.70. The average molecular weight is 270 g/mol. The molecule has 1 fully saturated rings. The Morgan fingerprint density at radius 3 is 2.65 bits per heavy atom. The van der Waals surface area contributed by atoms with E-state index in [0.29, 0.717) is 0 Å². The van der Waals surface area contributed by atoms with Crippen molar-refractivity contribution < 1.29 is 4.39 Å². The summed E-state index contributed by atoms with van der Waals surface area (Å²) in [5, 5.41) is 3.51. The molecule has 1 atom stereocenters. The van der Waals surface area contributed by atoms with Gasteiger partial charge in [-0.05, 0) is 24.1 Å². The molecule has 3 rings (SSSR count). The van der Waals surface area contributed by atoms with E-state index in [-0.39, 0.29) is 11.9 Å². The summed E-state index contributed by atoms with van der Waals surface area (Å²) in [7, 11) is 0. The molecule has 104 valence electrons. The van der Waals surface area contributed by atoms with Crippen molar-refractivity contribution in [2.24, 2.45) is 0 Å². The van der Waals surface area contributed by atoms with Crippen LogP contribution in [-0.2, 0) is 0 Å². The van der Waals surface area contributed by atoms with E-state index in [1.54, 1.807) is 12.1 Å². The first-order valence-corrected chi connectivity index (χ1v) is 7.04. The lowest BCUT2D eigenvalue weighted by Gasteiger charge is -2.36. The van der Waals surface area contributed by atoms with Gasteiger partial charge in [-0.2, -0.15) is 0 Å². The highest BCUT2D eigenvalue weighted by molar-refractivity contribution is 5.55. The number of rotatable bonds is 2. The van der Waals surface area contributed by atoms with Gasteiger partial charge < -0.3 is 10.2 Å². The fraction of sp³-hybridized carbons (Fsp3) is 0.294. The van der Waals surface area contributed by atoms with Gasteiger partial charge in [0, 0.05) is 25.7 Å². The Morgan fingerprint density at radius 1 is 1.10 bits per heavy atom. The molecule has 1 aliphatic rings. The maximum absolute atomic E-state index is 14.1. The zero-order chi connectivity index (χ0) is 13.9. The molecule has 0 spiro atoms. The topological polar surface area (TPSA) is 15.3 Å². The van der Waals surface area contributed by atoms with Crippen molar-refractivity contribution in [3.8, 4) is 0 Å². The van der Waals surface area contributed by atoms with Gasteiger partial charge in [-0.15, -0.1) is 0 Å². The summed E-state index contributed by atoms with van der Waals surface area (Å²) in [5.41, 5.74) is 3.00. The van der Waals surface area contributed by atoms with E-state index in [0.717, 1.165) is 30.9 Å². The predicted octanol–water partition coefficient (Wildman–Crippen LogP) is 3.29. The molecule has 0 amide bonds. The van der Waals surface area contributed by atoms with E-state index in [1.807, 2.05) is 31.2 Å². The number of benzene rings is 2. The number of nitrogens with zero attached hydrogens (tertiary/aromatic N) is 1. The zero-order valence-corrected chi connectivity index (χ0v) is 11.6. The molecule has 1 unspecified atom stereocenters. The van der Waals surface area contributed by atoms with E-state index in [9.17, 15) is 4.39 Å². The van der Waals surface area contributed by atoms with Gasteiger partial charge >= 0.3 is 0 Å². The lowest BCUT2D eigenvalue weighted by Crippen LogP contribution is -2.46. The molecule has 0 radical (unpaired) electrons. The molecule has 0 aromatic heterocycles. The molecular weight excluding hydrogens is 251 g/mol. The third-order valence-corrected chi connectivity index (χ3v) is 3.88. The molecule has 2 nitrogen and oxygen atoms in total. The smallest absolute Gasteiger partial charge is 0.146 e. The summed E-state index contributed by atoms with van der Waals surface area (Å²) in [6.07, 6.45) is 0. The molecule has 1 saturated heterocycles. The van der Waals surface area contributed by atoms with Crippen LogP contribution in [0.3, 0.4) is 0 Å². The standard InChI is InChI=1S/C17H19FN2/c1-13-6-5-9-15(18)17(13)20-11-10-19-16(12-20)14-7-3-2-4-8-14/h2-9,16,19H,10-12H2,1H3. The number of hydrogen-bond donors (Lipinski definition) is 1. The Labute approximate surface area is 119 Å². The Bertz CT molecular complexity index is 563. The maximum atomic E-state index is 14.1.